The number of amides is 1. The molecule has 1 fully saturated rings. The number of β-amino-alcohol motifs (C(OH)–C–C–N with tert-alkyl or cyclic N) is 1. The Kier molecular flexibility index (Phi) is 24.5. The van der Waals surface area contributed by atoms with E-state index in [4.69, 9.17) is 11.5 Å². The van der Waals surface area contributed by atoms with Crippen LogP contribution in [0.15, 0.2) is 116 Å². The average molecular weight is 1190 g/mol. The number of carbonyl (C=O) groups is 1. The lowest BCUT2D eigenvalue weighted by atomic mass is 10.1. The number of nitrogens with zero attached hydrogens (tertiary/aromatic N) is 10. The summed E-state index contributed by atoms with van der Waals surface area (Å²) >= 11 is 0. The fourth-order valence-electron chi connectivity index (χ4n) is 8.15. The number of aryl methyl sites for hydroxylation is 3. The summed E-state index contributed by atoms with van der Waals surface area (Å²) in [5.74, 6) is 2.83. The van der Waals surface area contributed by atoms with Crippen LogP contribution in [-0.4, -0.2) is 138 Å². The number of likely N-dealkylation sites (N-methyl/N-ethyl adjacent to an activating group) is 2. The number of alkyl halides is 6. The molecule has 11 N–H and O–H groups in total. The monoisotopic (exact) mass is 1180 g/mol. The summed E-state index contributed by atoms with van der Waals surface area (Å²) in [7, 11) is 9.01. The Bertz CT molecular complexity index is 3290. The molecule has 0 unspecified atom stereocenters. The molecule has 0 saturated carbocycles. The third-order valence-corrected chi connectivity index (χ3v) is 12.8. The van der Waals surface area contributed by atoms with E-state index >= 15 is 0 Å². The van der Waals surface area contributed by atoms with E-state index in [1.807, 2.05) is 68.9 Å². The maximum absolute atomic E-state index is 13.9. The first-order valence-corrected chi connectivity index (χ1v) is 27.2. The molecule has 0 radical (unpaired) electrons. The van der Waals surface area contributed by atoms with E-state index < -0.39 is 29.4 Å². The maximum Gasteiger partial charge on any atom is 0.416 e. The maximum atomic E-state index is 13.9. The summed E-state index contributed by atoms with van der Waals surface area (Å²) < 4.78 is 83.3. The van der Waals surface area contributed by atoms with Gasteiger partial charge in [0, 0.05) is 131 Å². The molecule has 1 amide bonds. The van der Waals surface area contributed by atoms with Crippen molar-refractivity contribution in [3.63, 3.8) is 0 Å². The normalized spacial score (nSPS) is 12.3. The second-order valence-corrected chi connectivity index (χ2v) is 20.1. The van der Waals surface area contributed by atoms with Crippen molar-refractivity contribution in [2.24, 2.45) is 0 Å². The number of nitrogens with one attached hydrogen (secondary N) is 6. The SMILES string of the molecule is C=C(Nc1cc(N2CCN(CCO)CC2)cc(C(F)(F)F)c1)Nc1ccc(C)c(Nc2cc(C)nn2-c2cc(NC)ncn2)c1.CCC.CNc1cc(N)ncn1.Cc1ccc(NC(=O)c2cc(N(C)CCN(C)C)cc(C(F)(F)F)c2)cc1N. The fourth-order valence-corrected chi connectivity index (χ4v) is 8.15. The molecular formula is C59H78F6N18O2. The van der Waals surface area contributed by atoms with Gasteiger partial charge in [0.25, 0.3) is 5.91 Å². The zero-order chi connectivity index (χ0) is 62.6. The Morgan fingerprint density at radius 3 is 1.88 bits per heavy atom. The molecule has 1 aliphatic rings. The first-order chi connectivity index (χ1) is 40.2. The van der Waals surface area contributed by atoms with Gasteiger partial charge in [-0.15, -0.1) is 0 Å². The number of halogens is 6. The molecule has 0 atom stereocenters. The number of aromatic nitrogens is 6. The number of carbonyl (C=O) groups excluding carboxylic acids is 1. The van der Waals surface area contributed by atoms with E-state index in [0.717, 1.165) is 46.5 Å². The van der Waals surface area contributed by atoms with Crippen molar-refractivity contribution in [1.29, 1.82) is 0 Å². The number of nitrogens with two attached hydrogens (primary N) is 2. The summed E-state index contributed by atoms with van der Waals surface area (Å²) in [5.41, 5.74) is 15.5. The van der Waals surface area contributed by atoms with Crippen LogP contribution in [0, 0.1) is 20.8 Å². The van der Waals surface area contributed by atoms with Crippen molar-refractivity contribution in [2.45, 2.75) is 53.4 Å². The summed E-state index contributed by atoms with van der Waals surface area (Å²) in [6.07, 6.45) is -4.94. The summed E-state index contributed by atoms with van der Waals surface area (Å²) in [6, 6.07) is 23.3. The number of hydrogen-bond donors (Lipinski definition) is 9. The minimum Gasteiger partial charge on any atom is -0.398 e. The molecule has 20 nitrogen and oxygen atoms in total. The largest absolute Gasteiger partial charge is 0.416 e. The van der Waals surface area contributed by atoms with Crippen LogP contribution in [0.4, 0.5) is 89.4 Å². The third kappa shape index (κ3) is 20.8. The minimum absolute atomic E-state index is 0.0521. The van der Waals surface area contributed by atoms with Gasteiger partial charge in [-0.2, -0.15) is 36.1 Å². The van der Waals surface area contributed by atoms with Crippen molar-refractivity contribution in [1.82, 2.24) is 39.5 Å². The number of rotatable bonds is 18. The average Bonchev–Trinajstić information content (AvgIpc) is 3.41. The smallest absolute Gasteiger partial charge is 0.398 e. The second kappa shape index (κ2) is 31.1. The number of nitrogen functional groups attached to an aromatic ring is 2. The van der Waals surface area contributed by atoms with Crippen molar-refractivity contribution in [2.75, 3.05) is 141 Å². The van der Waals surface area contributed by atoms with Crippen LogP contribution in [0.3, 0.4) is 0 Å². The highest BCUT2D eigenvalue weighted by molar-refractivity contribution is 6.05. The Labute approximate surface area is 492 Å². The third-order valence-electron chi connectivity index (χ3n) is 12.8. The predicted octanol–water partition coefficient (Wildman–Crippen LogP) is 10.6. The van der Waals surface area contributed by atoms with E-state index in [9.17, 15) is 36.2 Å². The molecule has 458 valence electrons. The van der Waals surface area contributed by atoms with Crippen LogP contribution in [0.1, 0.15) is 58.6 Å². The summed E-state index contributed by atoms with van der Waals surface area (Å²) in [4.78, 5) is 36.3. The lowest BCUT2D eigenvalue weighted by molar-refractivity contribution is -0.138. The topological polar surface area (TPSA) is 244 Å². The summed E-state index contributed by atoms with van der Waals surface area (Å²) in [5, 5.41) is 31.8. The minimum atomic E-state index is -4.55. The fraction of sp³-hybridized carbons (Fsp3) is 0.356. The number of benzene rings is 4. The zero-order valence-electron chi connectivity index (χ0n) is 49.6. The summed E-state index contributed by atoms with van der Waals surface area (Å²) in [6.45, 7) is 18.2. The van der Waals surface area contributed by atoms with Gasteiger partial charge in [-0.1, -0.05) is 39.0 Å². The molecule has 4 aromatic carbocycles. The van der Waals surface area contributed by atoms with Crippen LogP contribution in [0.5, 0.6) is 0 Å². The number of hydrogen-bond acceptors (Lipinski definition) is 18. The van der Waals surface area contributed by atoms with Crippen molar-refractivity contribution < 1.29 is 36.2 Å². The number of piperazine rings is 1. The molecule has 3 aromatic heterocycles. The molecule has 8 rings (SSSR count). The molecule has 1 saturated heterocycles. The van der Waals surface area contributed by atoms with Gasteiger partial charge >= 0.3 is 12.4 Å². The van der Waals surface area contributed by atoms with Gasteiger partial charge in [0.05, 0.1) is 23.4 Å². The Morgan fingerprint density at radius 1 is 0.694 bits per heavy atom. The van der Waals surface area contributed by atoms with Crippen LogP contribution in [0.2, 0.25) is 0 Å². The highest BCUT2D eigenvalue weighted by Gasteiger charge is 2.33. The van der Waals surface area contributed by atoms with Gasteiger partial charge in [0.15, 0.2) is 5.82 Å². The predicted molar refractivity (Wildman–Crippen MR) is 330 cm³/mol. The van der Waals surface area contributed by atoms with Crippen molar-refractivity contribution in [3.8, 4) is 5.82 Å². The van der Waals surface area contributed by atoms with Gasteiger partial charge in [-0.25, -0.2) is 19.9 Å². The lowest BCUT2D eigenvalue weighted by Crippen LogP contribution is -2.47. The molecule has 1 aliphatic heterocycles. The quantitative estimate of drug-likeness (QED) is 0.0286. The van der Waals surface area contributed by atoms with Gasteiger partial charge < -0.3 is 63.2 Å². The standard InChI is InChI=1S/C31H37F3N10O.C20H25F3N4O.C5H8N4.C3H8/c1-20-5-6-24(17-27(20)40-30-13-21(2)41-44(30)29-18-28(35-4)36-19-37-29)38-22(3)39-25-14-23(31(32,33)34)15-26(16-25)43-9-7-42(8-10-43)11-12-45;1-13-5-6-16(12-18(13)24)25-19(28)14-9-15(20(21,22)23)11-17(10-14)27(4)8-7-26(2)3;1-7-5-2-4(6)8-3-9-5;1-3-2/h5-6,13-19,38-40,45H,3,7-12H2,1-2,4H3,(H,35,36,37);5-6,9-12H,7-8,24H2,1-4H3,(H,25,28);2-3H,1H3,(H3,6,7,8,9);3H2,1-2H3. The number of anilines is 11. The van der Waals surface area contributed by atoms with Crippen molar-refractivity contribution >= 4 is 69.0 Å². The molecule has 7 aromatic rings. The lowest BCUT2D eigenvalue weighted by Gasteiger charge is -2.36. The van der Waals surface area contributed by atoms with E-state index in [1.165, 1.54) is 31.2 Å². The van der Waals surface area contributed by atoms with E-state index in [2.05, 4.69) is 82.3 Å². The van der Waals surface area contributed by atoms with E-state index in [0.29, 0.717) is 103 Å². The highest BCUT2D eigenvalue weighted by Crippen LogP contribution is 2.37. The Hall–Kier alpha value is -8.88. The molecule has 4 heterocycles. The number of aliphatic hydroxyl groups is 1. The van der Waals surface area contributed by atoms with Crippen LogP contribution >= 0.6 is 0 Å². The van der Waals surface area contributed by atoms with E-state index in [-0.39, 0.29) is 17.9 Å². The van der Waals surface area contributed by atoms with Gasteiger partial charge in [-0.05, 0) is 107 Å². The van der Waals surface area contributed by atoms with Gasteiger partial charge in [-0.3, -0.25) is 9.69 Å². The first-order valence-electron chi connectivity index (χ1n) is 27.2. The van der Waals surface area contributed by atoms with Gasteiger partial charge in [0.1, 0.15) is 41.7 Å². The molecule has 0 spiro atoms. The molecular weight excluding hydrogens is 1110 g/mol. The van der Waals surface area contributed by atoms with Crippen LogP contribution in [-0.2, 0) is 12.4 Å². The van der Waals surface area contributed by atoms with Gasteiger partial charge in [0.2, 0.25) is 0 Å². The molecule has 0 aliphatic carbocycles. The van der Waals surface area contributed by atoms with Crippen molar-refractivity contribution in [3.05, 3.63) is 150 Å². The number of aliphatic hydroxyl groups excluding tert-OH is 1. The highest BCUT2D eigenvalue weighted by atomic mass is 19.4. The Morgan fingerprint density at radius 2 is 1.29 bits per heavy atom. The van der Waals surface area contributed by atoms with Crippen LogP contribution < -0.4 is 53.2 Å². The van der Waals surface area contributed by atoms with E-state index in [1.54, 1.807) is 67.1 Å². The Balaban J connectivity index is 0.000000278. The molecule has 0 bridgehead atoms. The first kappa shape index (κ1) is 66.9. The zero-order valence-corrected chi connectivity index (χ0v) is 49.6. The molecule has 85 heavy (non-hydrogen) atoms. The second-order valence-electron chi connectivity index (χ2n) is 20.1. The molecule has 26 heteroatoms. The van der Waals surface area contributed by atoms with Crippen LogP contribution in [0.25, 0.3) is 5.82 Å².